The van der Waals surface area contributed by atoms with E-state index < -0.39 is 0 Å². The first-order valence-electron chi connectivity index (χ1n) is 5.73. The van der Waals surface area contributed by atoms with Crippen LogP contribution in [-0.2, 0) is 6.42 Å². The summed E-state index contributed by atoms with van der Waals surface area (Å²) in [5.41, 5.74) is 2.15. The summed E-state index contributed by atoms with van der Waals surface area (Å²) in [5.74, 6) is 1.17. The van der Waals surface area contributed by atoms with Crippen LogP contribution in [0.2, 0.25) is 0 Å². The van der Waals surface area contributed by atoms with Gasteiger partial charge in [-0.1, -0.05) is 35.0 Å². The Morgan fingerprint density at radius 1 is 1.29 bits per heavy atom. The highest BCUT2D eigenvalue weighted by atomic mass is 16.5. The third-order valence-electron chi connectivity index (χ3n) is 2.55. The first-order chi connectivity index (χ1) is 8.15. The van der Waals surface area contributed by atoms with Crippen molar-refractivity contribution >= 4 is 0 Å². The zero-order chi connectivity index (χ0) is 12.3. The fraction of sp³-hybridized carbons (Fsp3) is 0.385. The Kier molecular flexibility index (Phi) is 3.54. The van der Waals surface area contributed by atoms with Gasteiger partial charge >= 0.3 is 0 Å². The summed E-state index contributed by atoms with van der Waals surface area (Å²) >= 11 is 0. The average molecular weight is 232 g/mol. The Bertz CT molecular complexity index is 474. The van der Waals surface area contributed by atoms with Gasteiger partial charge in [-0.3, -0.25) is 0 Å². The molecule has 1 heterocycles. The lowest BCUT2D eigenvalue weighted by Gasteiger charge is -1.98. The summed E-state index contributed by atoms with van der Waals surface area (Å²) in [6.45, 7) is 3.78. The van der Waals surface area contributed by atoms with E-state index in [9.17, 15) is 5.11 Å². The smallest absolute Gasteiger partial charge is 0.227 e. The van der Waals surface area contributed by atoms with Crippen LogP contribution in [0.25, 0.3) is 11.4 Å². The number of aliphatic hydroxyl groups excluding tert-OH is 1. The quantitative estimate of drug-likeness (QED) is 0.879. The molecule has 1 atom stereocenters. The molecule has 0 aliphatic heterocycles. The van der Waals surface area contributed by atoms with Crippen LogP contribution in [0.4, 0.5) is 0 Å². The SMILES string of the molecule is Cc1ccc(-c2noc(CC[C@H](C)O)n2)cc1. The van der Waals surface area contributed by atoms with E-state index in [0.29, 0.717) is 24.6 Å². The summed E-state index contributed by atoms with van der Waals surface area (Å²) in [5, 5.41) is 13.1. The van der Waals surface area contributed by atoms with Crippen LogP contribution in [0.3, 0.4) is 0 Å². The highest BCUT2D eigenvalue weighted by Crippen LogP contribution is 2.16. The zero-order valence-corrected chi connectivity index (χ0v) is 10.1. The number of nitrogens with zero attached hydrogens (tertiary/aromatic N) is 2. The van der Waals surface area contributed by atoms with Crippen LogP contribution in [-0.4, -0.2) is 21.4 Å². The minimum absolute atomic E-state index is 0.343. The fourth-order valence-corrected chi connectivity index (χ4v) is 1.51. The number of benzene rings is 1. The molecule has 0 radical (unpaired) electrons. The Hall–Kier alpha value is -1.68. The monoisotopic (exact) mass is 232 g/mol. The Morgan fingerprint density at radius 2 is 2.00 bits per heavy atom. The highest BCUT2D eigenvalue weighted by Gasteiger charge is 2.09. The van der Waals surface area contributed by atoms with E-state index in [4.69, 9.17) is 4.52 Å². The molecule has 0 unspecified atom stereocenters. The van der Waals surface area contributed by atoms with Crippen LogP contribution in [0.15, 0.2) is 28.8 Å². The Morgan fingerprint density at radius 3 is 2.65 bits per heavy atom. The first kappa shape index (κ1) is 11.8. The van der Waals surface area contributed by atoms with Gasteiger partial charge in [-0.25, -0.2) is 0 Å². The molecular weight excluding hydrogens is 216 g/mol. The molecule has 2 rings (SSSR count). The summed E-state index contributed by atoms with van der Waals surface area (Å²) in [7, 11) is 0. The predicted molar refractivity (Wildman–Crippen MR) is 64.5 cm³/mol. The molecule has 1 aromatic carbocycles. The van der Waals surface area contributed by atoms with Crippen LogP contribution < -0.4 is 0 Å². The van der Waals surface area contributed by atoms with Crippen molar-refractivity contribution in [1.29, 1.82) is 0 Å². The van der Waals surface area contributed by atoms with Crippen molar-refractivity contribution in [3.63, 3.8) is 0 Å². The van der Waals surface area contributed by atoms with Gasteiger partial charge in [-0.05, 0) is 20.3 Å². The van der Waals surface area contributed by atoms with Crippen LogP contribution >= 0.6 is 0 Å². The van der Waals surface area contributed by atoms with Gasteiger partial charge in [0.25, 0.3) is 0 Å². The lowest BCUT2D eigenvalue weighted by molar-refractivity contribution is 0.180. The molecule has 0 fully saturated rings. The van der Waals surface area contributed by atoms with Gasteiger partial charge in [-0.2, -0.15) is 4.98 Å². The molecular formula is C13H16N2O2. The molecule has 0 bridgehead atoms. The van der Waals surface area contributed by atoms with E-state index >= 15 is 0 Å². The van der Waals surface area contributed by atoms with Gasteiger partial charge in [-0.15, -0.1) is 0 Å². The van der Waals surface area contributed by atoms with Crippen molar-refractivity contribution in [1.82, 2.24) is 10.1 Å². The molecule has 4 nitrogen and oxygen atoms in total. The van der Waals surface area contributed by atoms with Gasteiger partial charge in [0.2, 0.25) is 11.7 Å². The Balaban J connectivity index is 2.10. The third kappa shape index (κ3) is 3.14. The number of aromatic nitrogens is 2. The molecule has 0 aliphatic rings. The maximum absolute atomic E-state index is 9.18. The van der Waals surface area contributed by atoms with E-state index in [2.05, 4.69) is 10.1 Å². The Labute approximate surface area is 100 Å². The molecule has 0 saturated heterocycles. The normalized spacial score (nSPS) is 12.6. The van der Waals surface area contributed by atoms with Crippen LogP contribution in [0, 0.1) is 6.92 Å². The second kappa shape index (κ2) is 5.10. The summed E-state index contributed by atoms with van der Waals surface area (Å²) in [6.07, 6.45) is 0.899. The molecule has 0 saturated carbocycles. The fourth-order valence-electron chi connectivity index (χ4n) is 1.51. The molecule has 1 N–H and O–H groups in total. The van der Waals surface area contributed by atoms with Crippen LogP contribution in [0.5, 0.6) is 0 Å². The van der Waals surface area contributed by atoms with Gasteiger partial charge in [0, 0.05) is 12.0 Å². The molecule has 90 valence electrons. The van der Waals surface area contributed by atoms with Crippen molar-refractivity contribution in [2.45, 2.75) is 32.8 Å². The largest absolute Gasteiger partial charge is 0.393 e. The minimum Gasteiger partial charge on any atom is -0.393 e. The summed E-state index contributed by atoms with van der Waals surface area (Å²) in [6, 6.07) is 7.97. The van der Waals surface area contributed by atoms with Gasteiger partial charge in [0.05, 0.1) is 6.10 Å². The van der Waals surface area contributed by atoms with Crippen molar-refractivity contribution < 1.29 is 9.63 Å². The topological polar surface area (TPSA) is 59.2 Å². The van der Waals surface area contributed by atoms with Gasteiger partial charge < -0.3 is 9.63 Å². The zero-order valence-electron chi connectivity index (χ0n) is 10.1. The second-order valence-corrected chi connectivity index (χ2v) is 4.27. The highest BCUT2D eigenvalue weighted by molar-refractivity contribution is 5.54. The van der Waals surface area contributed by atoms with E-state index in [0.717, 1.165) is 5.56 Å². The molecule has 2 aromatic rings. The average Bonchev–Trinajstić information content (AvgIpc) is 2.76. The van der Waals surface area contributed by atoms with Gasteiger partial charge in [0.1, 0.15) is 0 Å². The molecule has 17 heavy (non-hydrogen) atoms. The maximum Gasteiger partial charge on any atom is 0.227 e. The molecule has 1 aromatic heterocycles. The lowest BCUT2D eigenvalue weighted by atomic mass is 10.1. The van der Waals surface area contributed by atoms with E-state index in [-0.39, 0.29) is 6.10 Å². The van der Waals surface area contributed by atoms with Crippen molar-refractivity contribution in [2.24, 2.45) is 0 Å². The van der Waals surface area contributed by atoms with E-state index in [1.807, 2.05) is 31.2 Å². The number of aliphatic hydroxyl groups is 1. The second-order valence-electron chi connectivity index (χ2n) is 4.27. The van der Waals surface area contributed by atoms with Crippen molar-refractivity contribution in [3.05, 3.63) is 35.7 Å². The molecule has 0 amide bonds. The number of rotatable bonds is 4. The summed E-state index contributed by atoms with van der Waals surface area (Å²) < 4.78 is 5.13. The summed E-state index contributed by atoms with van der Waals surface area (Å²) in [4.78, 5) is 4.29. The van der Waals surface area contributed by atoms with E-state index in [1.165, 1.54) is 5.56 Å². The van der Waals surface area contributed by atoms with Crippen molar-refractivity contribution in [2.75, 3.05) is 0 Å². The third-order valence-corrected chi connectivity index (χ3v) is 2.55. The number of hydrogen-bond acceptors (Lipinski definition) is 4. The maximum atomic E-state index is 9.18. The van der Waals surface area contributed by atoms with E-state index in [1.54, 1.807) is 6.92 Å². The minimum atomic E-state index is -0.343. The predicted octanol–water partition coefficient (Wildman–Crippen LogP) is 2.36. The molecule has 4 heteroatoms. The molecule has 0 aliphatic carbocycles. The first-order valence-corrected chi connectivity index (χ1v) is 5.73. The number of hydrogen-bond donors (Lipinski definition) is 1. The number of aryl methyl sites for hydroxylation is 2. The lowest BCUT2D eigenvalue weighted by Crippen LogP contribution is -2.01. The van der Waals surface area contributed by atoms with Crippen LogP contribution in [0.1, 0.15) is 24.8 Å². The van der Waals surface area contributed by atoms with Gasteiger partial charge in [0.15, 0.2) is 0 Å². The van der Waals surface area contributed by atoms with Crippen molar-refractivity contribution in [3.8, 4) is 11.4 Å². The molecule has 0 spiro atoms. The standard InChI is InChI=1S/C13H16N2O2/c1-9-3-6-11(7-4-9)13-14-12(17-15-13)8-5-10(2)16/h3-4,6-7,10,16H,5,8H2,1-2H3/t10-/m0/s1.